The van der Waals surface area contributed by atoms with E-state index in [9.17, 15) is 14.4 Å². The van der Waals surface area contributed by atoms with Gasteiger partial charge >= 0.3 is 6.09 Å². The van der Waals surface area contributed by atoms with E-state index < -0.39 is 23.8 Å². The summed E-state index contributed by atoms with van der Waals surface area (Å²) in [7, 11) is 1.58. The molecule has 0 fully saturated rings. The van der Waals surface area contributed by atoms with Gasteiger partial charge in [0.05, 0.1) is 7.11 Å². The number of benzene rings is 2. The van der Waals surface area contributed by atoms with Crippen LogP contribution in [0.25, 0.3) is 0 Å². The summed E-state index contributed by atoms with van der Waals surface area (Å²) in [5.74, 6) is 0.649. The van der Waals surface area contributed by atoms with Gasteiger partial charge in [0.25, 0.3) is 5.91 Å². The average molecular weight is 572 g/mol. The lowest BCUT2D eigenvalue weighted by Crippen LogP contribution is -2.55. The molecule has 0 saturated carbocycles. The van der Waals surface area contributed by atoms with Gasteiger partial charge in [-0.1, -0.05) is 30.7 Å². The van der Waals surface area contributed by atoms with Crippen molar-refractivity contribution in [1.29, 1.82) is 0 Å². The molecule has 0 bridgehead atoms. The van der Waals surface area contributed by atoms with Gasteiger partial charge < -0.3 is 25.0 Å². The zero-order valence-corrected chi connectivity index (χ0v) is 26.1. The van der Waals surface area contributed by atoms with Crippen molar-refractivity contribution in [3.05, 3.63) is 59.2 Å². The number of carbonyl (C=O) groups excluding carboxylic acids is 3. The van der Waals surface area contributed by atoms with Gasteiger partial charge in [-0.15, -0.1) is 0 Å². The molecule has 0 heterocycles. The maximum absolute atomic E-state index is 14.4. The first kappa shape index (κ1) is 33.0. The van der Waals surface area contributed by atoms with Gasteiger partial charge in [-0.05, 0) is 102 Å². The highest BCUT2D eigenvalue weighted by atomic mass is 32.2. The van der Waals surface area contributed by atoms with Crippen molar-refractivity contribution in [1.82, 2.24) is 10.2 Å². The lowest BCUT2D eigenvalue weighted by Gasteiger charge is -2.39. The van der Waals surface area contributed by atoms with Crippen LogP contribution in [0, 0.1) is 13.8 Å². The molecular formula is C31H45N3O5S. The molecule has 220 valence electrons. The quantitative estimate of drug-likeness (QED) is 0.312. The molecule has 2 aromatic rings. The fourth-order valence-corrected chi connectivity index (χ4v) is 4.75. The summed E-state index contributed by atoms with van der Waals surface area (Å²) in [5, 5.41) is 5.79. The van der Waals surface area contributed by atoms with Gasteiger partial charge in [-0.25, -0.2) is 4.79 Å². The Kier molecular flexibility index (Phi) is 12.4. The SMILES string of the molecule is CCC(C)N(C(=O)C(CCSC)NC(=O)OC(C)(C)C)C(C(=O)Nc1ccc(OC)cc1)c1cc(C)ccc1C. The highest BCUT2D eigenvalue weighted by Gasteiger charge is 2.39. The third-order valence-electron chi connectivity index (χ3n) is 6.53. The number of thioether (sulfide) groups is 1. The molecular weight excluding hydrogens is 526 g/mol. The minimum Gasteiger partial charge on any atom is -0.497 e. The number of amides is 3. The molecule has 8 nitrogen and oxygen atoms in total. The molecule has 2 N–H and O–H groups in total. The number of nitrogens with zero attached hydrogens (tertiary/aromatic N) is 1. The monoisotopic (exact) mass is 571 g/mol. The summed E-state index contributed by atoms with van der Waals surface area (Å²) in [6, 6.07) is 10.9. The summed E-state index contributed by atoms with van der Waals surface area (Å²) in [6.07, 6.45) is 2.29. The number of anilines is 1. The maximum Gasteiger partial charge on any atom is 0.408 e. The maximum atomic E-state index is 14.4. The van der Waals surface area contributed by atoms with Gasteiger partial charge in [0, 0.05) is 11.7 Å². The molecule has 0 aliphatic heterocycles. The van der Waals surface area contributed by atoms with Crippen molar-refractivity contribution < 1.29 is 23.9 Å². The van der Waals surface area contributed by atoms with Crippen molar-refractivity contribution in [2.75, 3.05) is 24.4 Å². The Balaban J connectivity index is 2.59. The minimum absolute atomic E-state index is 0.295. The average Bonchev–Trinajstić information content (AvgIpc) is 2.89. The number of carbonyl (C=O) groups is 3. The molecule has 3 amide bonds. The Hall–Kier alpha value is -3.20. The van der Waals surface area contributed by atoms with Crippen molar-refractivity contribution in [3.63, 3.8) is 0 Å². The summed E-state index contributed by atoms with van der Waals surface area (Å²) in [5.41, 5.74) is 2.48. The normalized spacial score (nSPS) is 13.5. The predicted octanol–water partition coefficient (Wildman–Crippen LogP) is 6.27. The van der Waals surface area contributed by atoms with E-state index in [4.69, 9.17) is 9.47 Å². The number of ether oxygens (including phenoxy) is 2. The molecule has 40 heavy (non-hydrogen) atoms. The van der Waals surface area contributed by atoms with Crippen LogP contribution >= 0.6 is 11.8 Å². The van der Waals surface area contributed by atoms with Crippen LogP contribution in [0.1, 0.15) is 70.2 Å². The number of methoxy groups -OCH3 is 1. The summed E-state index contributed by atoms with van der Waals surface area (Å²) in [6.45, 7) is 13.1. The number of nitrogens with one attached hydrogen (secondary N) is 2. The highest BCUT2D eigenvalue weighted by Crippen LogP contribution is 2.31. The number of hydrogen-bond acceptors (Lipinski definition) is 6. The molecule has 3 unspecified atom stereocenters. The fraction of sp³-hybridized carbons (Fsp3) is 0.516. The van der Waals surface area contributed by atoms with Crippen LogP contribution in [0.5, 0.6) is 5.75 Å². The first-order valence-electron chi connectivity index (χ1n) is 13.6. The second-order valence-electron chi connectivity index (χ2n) is 11.0. The van der Waals surface area contributed by atoms with Crippen LogP contribution in [-0.4, -0.2) is 59.6 Å². The Labute approximate surface area is 243 Å². The first-order chi connectivity index (χ1) is 18.8. The van der Waals surface area contributed by atoms with Crippen molar-refractivity contribution in [2.45, 2.75) is 85.0 Å². The van der Waals surface area contributed by atoms with E-state index in [0.717, 1.165) is 16.7 Å². The molecule has 3 atom stereocenters. The predicted molar refractivity (Wildman–Crippen MR) is 163 cm³/mol. The first-order valence-corrected chi connectivity index (χ1v) is 15.0. The number of rotatable bonds is 12. The summed E-state index contributed by atoms with van der Waals surface area (Å²) < 4.78 is 10.7. The molecule has 0 radical (unpaired) electrons. The van der Waals surface area contributed by atoms with Crippen LogP contribution < -0.4 is 15.4 Å². The lowest BCUT2D eigenvalue weighted by atomic mass is 9.94. The second kappa shape index (κ2) is 15.0. The lowest BCUT2D eigenvalue weighted by molar-refractivity contribution is -0.143. The third kappa shape index (κ3) is 9.47. The van der Waals surface area contributed by atoms with Gasteiger partial charge in [-0.3, -0.25) is 9.59 Å². The second-order valence-corrected chi connectivity index (χ2v) is 11.9. The van der Waals surface area contributed by atoms with E-state index in [0.29, 0.717) is 30.0 Å². The fourth-order valence-electron chi connectivity index (χ4n) is 4.28. The van der Waals surface area contributed by atoms with E-state index in [1.54, 1.807) is 68.8 Å². The number of alkyl carbamates (subject to hydrolysis) is 1. The largest absolute Gasteiger partial charge is 0.497 e. The molecule has 0 aliphatic rings. The summed E-state index contributed by atoms with van der Waals surface area (Å²) in [4.78, 5) is 42.8. The third-order valence-corrected chi connectivity index (χ3v) is 7.18. The number of hydrogen-bond donors (Lipinski definition) is 2. The molecule has 9 heteroatoms. The molecule has 0 spiro atoms. The standard InChI is InChI=1S/C31H45N3O5S/c1-10-22(4)34(29(36)26(17-18-40-9)33-30(37)39-31(5,6)7)27(25-19-20(2)11-12-21(25)3)28(35)32-23-13-15-24(38-8)16-14-23/h11-16,19,22,26-27H,10,17-18H2,1-9H3,(H,32,35)(H,33,37). The van der Waals surface area contributed by atoms with Crippen LogP contribution in [0.3, 0.4) is 0 Å². The van der Waals surface area contributed by atoms with Crippen molar-refractivity contribution in [3.8, 4) is 5.75 Å². The Morgan fingerprint density at radius 3 is 2.25 bits per heavy atom. The highest BCUT2D eigenvalue weighted by molar-refractivity contribution is 7.98. The molecule has 2 rings (SSSR count). The number of aryl methyl sites for hydroxylation is 2. The topological polar surface area (TPSA) is 97.0 Å². The molecule has 0 aromatic heterocycles. The van der Waals surface area contributed by atoms with E-state index >= 15 is 0 Å². The van der Waals surface area contributed by atoms with E-state index in [1.165, 1.54) is 0 Å². The zero-order chi connectivity index (χ0) is 30.0. The minimum atomic E-state index is -0.929. The van der Waals surface area contributed by atoms with Crippen molar-refractivity contribution >= 4 is 35.4 Å². The van der Waals surface area contributed by atoms with E-state index in [1.807, 2.05) is 52.1 Å². The van der Waals surface area contributed by atoms with E-state index in [-0.39, 0.29) is 17.9 Å². The zero-order valence-electron chi connectivity index (χ0n) is 25.3. The summed E-state index contributed by atoms with van der Waals surface area (Å²) >= 11 is 1.58. The van der Waals surface area contributed by atoms with Crippen LogP contribution in [0.15, 0.2) is 42.5 Å². The van der Waals surface area contributed by atoms with Crippen molar-refractivity contribution in [2.24, 2.45) is 0 Å². The Bertz CT molecular complexity index is 1150. The molecule has 2 aromatic carbocycles. The van der Waals surface area contributed by atoms with Gasteiger partial charge in [0.15, 0.2) is 0 Å². The molecule has 0 aliphatic carbocycles. The smallest absolute Gasteiger partial charge is 0.408 e. The Morgan fingerprint density at radius 1 is 1.05 bits per heavy atom. The van der Waals surface area contributed by atoms with Gasteiger partial charge in [0.1, 0.15) is 23.4 Å². The van der Waals surface area contributed by atoms with E-state index in [2.05, 4.69) is 10.6 Å². The van der Waals surface area contributed by atoms with Crippen LogP contribution in [0.4, 0.5) is 10.5 Å². The van der Waals surface area contributed by atoms with Gasteiger partial charge in [-0.2, -0.15) is 11.8 Å². The Morgan fingerprint density at radius 2 is 1.70 bits per heavy atom. The molecule has 0 saturated heterocycles. The van der Waals surface area contributed by atoms with Crippen LogP contribution in [-0.2, 0) is 14.3 Å². The van der Waals surface area contributed by atoms with Crippen LogP contribution in [0.2, 0.25) is 0 Å². The van der Waals surface area contributed by atoms with Gasteiger partial charge in [0.2, 0.25) is 5.91 Å².